The Morgan fingerprint density at radius 3 is 2.47 bits per heavy atom. The van der Waals surface area contributed by atoms with Gasteiger partial charge in [-0.25, -0.2) is 4.98 Å². The van der Waals surface area contributed by atoms with Crippen LogP contribution in [0, 0.1) is 0 Å². The van der Waals surface area contributed by atoms with Crippen molar-refractivity contribution in [2.75, 3.05) is 5.73 Å². The van der Waals surface area contributed by atoms with Crippen LogP contribution in [-0.2, 0) is 4.74 Å². The average molecular weight is 232 g/mol. The van der Waals surface area contributed by atoms with Crippen LogP contribution < -0.4 is 5.73 Å². The van der Waals surface area contributed by atoms with Crippen molar-refractivity contribution in [3.8, 4) is 0 Å². The Balaban J connectivity index is 1.68. The topological polar surface area (TPSA) is 73.9 Å². The molecule has 5 nitrogen and oxygen atoms in total. The van der Waals surface area contributed by atoms with Gasteiger partial charge in [-0.05, 0) is 32.1 Å². The van der Waals surface area contributed by atoms with E-state index in [0.717, 1.165) is 24.5 Å². The van der Waals surface area contributed by atoms with Crippen LogP contribution in [0.25, 0.3) is 0 Å². The highest BCUT2D eigenvalue weighted by molar-refractivity contribution is 5.22. The molecule has 2 saturated heterocycles. The molecule has 3 unspecified atom stereocenters. The maximum Gasteiger partial charge on any atom is 0.223 e. The molecular weight excluding hydrogens is 216 g/mol. The first kappa shape index (κ1) is 9.76. The molecule has 1 aromatic rings. The van der Waals surface area contributed by atoms with E-state index in [0.29, 0.717) is 30.0 Å². The number of nitrogens with zero attached hydrogens (tertiary/aromatic N) is 3. The van der Waals surface area contributed by atoms with Gasteiger partial charge in [-0.2, -0.15) is 9.97 Å². The summed E-state index contributed by atoms with van der Waals surface area (Å²) in [6, 6.07) is 0. The molecule has 17 heavy (non-hydrogen) atoms. The molecule has 3 atom stereocenters. The molecule has 3 aliphatic rings. The predicted octanol–water partition coefficient (Wildman–Crippen LogP) is 1.37. The summed E-state index contributed by atoms with van der Waals surface area (Å²) < 4.78 is 5.85. The zero-order valence-electron chi connectivity index (χ0n) is 9.67. The van der Waals surface area contributed by atoms with Crippen LogP contribution in [0.5, 0.6) is 0 Å². The third kappa shape index (κ3) is 1.60. The third-order valence-electron chi connectivity index (χ3n) is 4.07. The van der Waals surface area contributed by atoms with Crippen LogP contribution in [0.15, 0.2) is 0 Å². The van der Waals surface area contributed by atoms with E-state index in [4.69, 9.17) is 10.5 Å². The Labute approximate surface area is 99.8 Å². The molecule has 2 aliphatic heterocycles. The molecule has 1 saturated carbocycles. The normalized spacial score (nSPS) is 35.4. The van der Waals surface area contributed by atoms with Gasteiger partial charge in [0.1, 0.15) is 11.6 Å². The molecule has 4 rings (SSSR count). The second-order valence-electron chi connectivity index (χ2n) is 5.40. The minimum atomic E-state index is 0.314. The van der Waals surface area contributed by atoms with Crippen molar-refractivity contribution in [3.05, 3.63) is 11.6 Å². The van der Waals surface area contributed by atoms with Gasteiger partial charge in [-0.3, -0.25) is 0 Å². The Morgan fingerprint density at radius 1 is 1.00 bits per heavy atom. The van der Waals surface area contributed by atoms with Gasteiger partial charge in [0.2, 0.25) is 5.95 Å². The fourth-order valence-electron chi connectivity index (χ4n) is 3.03. The molecule has 0 radical (unpaired) electrons. The fraction of sp³-hybridized carbons (Fsp3) is 0.750. The van der Waals surface area contributed by atoms with E-state index in [-0.39, 0.29) is 0 Å². The number of fused-ring (bicyclic) bond motifs is 2. The van der Waals surface area contributed by atoms with E-state index in [1.165, 1.54) is 19.3 Å². The largest absolute Gasteiger partial charge is 0.374 e. The van der Waals surface area contributed by atoms with E-state index in [1.54, 1.807) is 0 Å². The summed E-state index contributed by atoms with van der Waals surface area (Å²) in [4.78, 5) is 13.2. The lowest BCUT2D eigenvalue weighted by atomic mass is 9.88. The monoisotopic (exact) mass is 232 g/mol. The van der Waals surface area contributed by atoms with Crippen LogP contribution in [0.3, 0.4) is 0 Å². The van der Waals surface area contributed by atoms with Crippen molar-refractivity contribution in [3.63, 3.8) is 0 Å². The summed E-state index contributed by atoms with van der Waals surface area (Å²) in [6.45, 7) is 0. The van der Waals surface area contributed by atoms with Gasteiger partial charge in [0, 0.05) is 11.8 Å². The zero-order chi connectivity index (χ0) is 11.4. The van der Waals surface area contributed by atoms with Gasteiger partial charge in [-0.15, -0.1) is 0 Å². The van der Waals surface area contributed by atoms with Gasteiger partial charge < -0.3 is 10.5 Å². The molecule has 2 N–H and O–H groups in total. The summed E-state index contributed by atoms with van der Waals surface area (Å²) in [7, 11) is 0. The van der Waals surface area contributed by atoms with Crippen molar-refractivity contribution in [1.82, 2.24) is 15.0 Å². The lowest BCUT2D eigenvalue weighted by Crippen LogP contribution is -2.19. The molecule has 5 heteroatoms. The van der Waals surface area contributed by atoms with Gasteiger partial charge in [-0.1, -0.05) is 0 Å². The molecule has 2 bridgehead atoms. The molecular formula is C12H16N4O. The summed E-state index contributed by atoms with van der Waals surface area (Å²) in [5.74, 6) is 3.01. The molecule has 0 aromatic carbocycles. The van der Waals surface area contributed by atoms with Crippen molar-refractivity contribution in [2.45, 2.75) is 56.1 Å². The Bertz CT molecular complexity index is 460. The predicted molar refractivity (Wildman–Crippen MR) is 61.5 cm³/mol. The van der Waals surface area contributed by atoms with Gasteiger partial charge >= 0.3 is 0 Å². The maximum absolute atomic E-state index is 5.85. The van der Waals surface area contributed by atoms with E-state index in [1.807, 2.05) is 0 Å². The molecule has 1 aromatic heterocycles. The first-order chi connectivity index (χ1) is 8.29. The number of hydrogen-bond donors (Lipinski definition) is 1. The molecule has 0 spiro atoms. The third-order valence-corrected chi connectivity index (χ3v) is 4.07. The van der Waals surface area contributed by atoms with E-state index >= 15 is 0 Å². The molecule has 3 fully saturated rings. The van der Waals surface area contributed by atoms with Crippen molar-refractivity contribution >= 4 is 5.95 Å². The summed E-state index contributed by atoms with van der Waals surface area (Å²) in [6.07, 6.45) is 6.50. The number of nitrogens with two attached hydrogens (primary N) is 1. The highest BCUT2D eigenvalue weighted by atomic mass is 16.5. The van der Waals surface area contributed by atoms with Gasteiger partial charge in [0.15, 0.2) is 0 Å². The molecule has 0 amide bonds. The molecule has 3 heterocycles. The van der Waals surface area contributed by atoms with Crippen LogP contribution in [-0.4, -0.2) is 27.2 Å². The number of rotatable bonds is 2. The van der Waals surface area contributed by atoms with Gasteiger partial charge in [0.25, 0.3) is 0 Å². The Hall–Kier alpha value is -1.23. The minimum Gasteiger partial charge on any atom is -0.374 e. The average Bonchev–Trinajstić information content (AvgIpc) is 2.97. The maximum atomic E-state index is 5.85. The Morgan fingerprint density at radius 2 is 1.82 bits per heavy atom. The highest BCUT2D eigenvalue weighted by Gasteiger charge is 2.43. The van der Waals surface area contributed by atoms with Crippen molar-refractivity contribution in [2.24, 2.45) is 0 Å². The van der Waals surface area contributed by atoms with Crippen molar-refractivity contribution < 1.29 is 4.74 Å². The highest BCUT2D eigenvalue weighted by Crippen LogP contribution is 2.44. The number of ether oxygens (including phenoxy) is 1. The molecule has 90 valence electrons. The van der Waals surface area contributed by atoms with Crippen molar-refractivity contribution in [1.29, 1.82) is 0 Å². The number of nitrogen functional groups attached to an aromatic ring is 1. The van der Waals surface area contributed by atoms with Crippen LogP contribution in [0.1, 0.15) is 55.6 Å². The summed E-state index contributed by atoms with van der Waals surface area (Å²) in [5, 5.41) is 0. The number of aromatic nitrogens is 3. The summed E-state index contributed by atoms with van der Waals surface area (Å²) >= 11 is 0. The van der Waals surface area contributed by atoms with E-state index < -0.39 is 0 Å². The fourth-order valence-corrected chi connectivity index (χ4v) is 3.03. The van der Waals surface area contributed by atoms with E-state index in [9.17, 15) is 0 Å². The SMILES string of the molecule is Nc1nc(C2CC2)nc(C2CC3CCC2O3)n1. The van der Waals surface area contributed by atoms with Crippen LogP contribution in [0.2, 0.25) is 0 Å². The lowest BCUT2D eigenvalue weighted by Gasteiger charge is -2.17. The first-order valence-electron chi connectivity index (χ1n) is 6.46. The zero-order valence-corrected chi connectivity index (χ0v) is 9.67. The minimum absolute atomic E-state index is 0.314. The lowest BCUT2D eigenvalue weighted by molar-refractivity contribution is 0.0998. The van der Waals surface area contributed by atoms with Crippen LogP contribution in [0.4, 0.5) is 5.95 Å². The first-order valence-corrected chi connectivity index (χ1v) is 6.46. The standard InChI is InChI=1S/C12H16N4O/c13-12-15-10(6-1-2-6)14-11(16-12)8-5-7-3-4-9(8)17-7/h6-9H,1-5H2,(H2,13,14,15,16). The van der Waals surface area contributed by atoms with Gasteiger partial charge in [0.05, 0.1) is 12.2 Å². The Kier molecular flexibility index (Phi) is 1.94. The molecule has 1 aliphatic carbocycles. The quantitative estimate of drug-likeness (QED) is 0.833. The number of hydrogen-bond acceptors (Lipinski definition) is 5. The second-order valence-corrected chi connectivity index (χ2v) is 5.40. The second kappa shape index (κ2) is 3.38. The summed E-state index contributed by atoms with van der Waals surface area (Å²) in [5.41, 5.74) is 5.79. The number of anilines is 1. The van der Waals surface area contributed by atoms with Crippen LogP contribution >= 0.6 is 0 Å². The van der Waals surface area contributed by atoms with E-state index in [2.05, 4.69) is 15.0 Å². The smallest absolute Gasteiger partial charge is 0.223 e.